The average molecular weight is 202 g/mol. The van der Waals surface area contributed by atoms with Crippen molar-refractivity contribution in [1.29, 1.82) is 0 Å². The molecule has 3 heteroatoms. The summed E-state index contributed by atoms with van der Waals surface area (Å²) in [6.07, 6.45) is 2.07. The zero-order valence-corrected chi connectivity index (χ0v) is 9.45. The summed E-state index contributed by atoms with van der Waals surface area (Å²) in [5.74, 6) is 0.270. The maximum atomic E-state index is 11.1. The summed E-state index contributed by atoms with van der Waals surface area (Å²) in [5, 5.41) is 9.49. The molecule has 0 saturated heterocycles. The maximum Gasteiger partial charge on any atom is 0.305 e. The van der Waals surface area contributed by atoms with Crippen LogP contribution in [0, 0.1) is 5.92 Å². The second-order valence-electron chi connectivity index (χ2n) is 4.04. The molecule has 0 rings (SSSR count). The molecule has 0 radical (unpaired) electrons. The summed E-state index contributed by atoms with van der Waals surface area (Å²) in [6.45, 7) is 6.55. The van der Waals surface area contributed by atoms with Crippen LogP contribution in [-0.4, -0.2) is 23.8 Å². The number of carbonyl (C=O) groups excluding carboxylic acids is 1. The zero-order valence-electron chi connectivity index (χ0n) is 9.45. The predicted molar refractivity (Wildman–Crippen MR) is 55.9 cm³/mol. The first-order valence-electron chi connectivity index (χ1n) is 5.40. The highest BCUT2D eigenvalue weighted by Gasteiger charge is 2.10. The zero-order chi connectivity index (χ0) is 11.0. The number of aliphatic hydroxyl groups excluding tert-OH is 1. The Hall–Kier alpha value is -0.570. The summed E-state index contributed by atoms with van der Waals surface area (Å²) in [6, 6.07) is 0. The molecule has 0 aromatic heterocycles. The second kappa shape index (κ2) is 7.80. The van der Waals surface area contributed by atoms with Crippen molar-refractivity contribution < 1.29 is 14.6 Å². The molecule has 0 heterocycles. The Labute approximate surface area is 86.5 Å². The minimum atomic E-state index is -0.371. The summed E-state index contributed by atoms with van der Waals surface area (Å²) in [4.78, 5) is 11.1. The molecule has 0 fully saturated rings. The van der Waals surface area contributed by atoms with Gasteiger partial charge >= 0.3 is 5.97 Å². The summed E-state index contributed by atoms with van der Waals surface area (Å²) >= 11 is 0. The van der Waals surface area contributed by atoms with Crippen molar-refractivity contribution in [2.45, 2.75) is 52.6 Å². The Morgan fingerprint density at radius 2 is 2.07 bits per heavy atom. The molecular formula is C11H22O3. The fourth-order valence-corrected chi connectivity index (χ4v) is 1.23. The molecule has 0 aliphatic carbocycles. The van der Waals surface area contributed by atoms with E-state index in [1.807, 2.05) is 6.92 Å². The van der Waals surface area contributed by atoms with Gasteiger partial charge in [0.1, 0.15) is 0 Å². The molecule has 3 nitrogen and oxygen atoms in total. The van der Waals surface area contributed by atoms with Crippen molar-refractivity contribution in [3.05, 3.63) is 0 Å². The highest BCUT2D eigenvalue weighted by atomic mass is 16.5. The van der Waals surface area contributed by atoms with Crippen LogP contribution in [0.2, 0.25) is 0 Å². The highest BCUT2D eigenvalue weighted by molar-refractivity contribution is 5.69. The van der Waals surface area contributed by atoms with Crippen LogP contribution in [0.1, 0.15) is 46.5 Å². The van der Waals surface area contributed by atoms with Gasteiger partial charge in [-0.05, 0) is 25.2 Å². The fourth-order valence-electron chi connectivity index (χ4n) is 1.23. The number of esters is 1. The van der Waals surface area contributed by atoms with E-state index in [9.17, 15) is 9.90 Å². The van der Waals surface area contributed by atoms with Crippen LogP contribution in [0.25, 0.3) is 0 Å². The molecule has 14 heavy (non-hydrogen) atoms. The summed E-state index contributed by atoms with van der Waals surface area (Å²) in [5.41, 5.74) is 0. The molecule has 0 aromatic carbocycles. The van der Waals surface area contributed by atoms with Gasteiger partial charge in [0, 0.05) is 6.42 Å². The van der Waals surface area contributed by atoms with E-state index in [1.165, 1.54) is 0 Å². The van der Waals surface area contributed by atoms with Gasteiger partial charge in [0.2, 0.25) is 0 Å². The Morgan fingerprint density at radius 1 is 1.43 bits per heavy atom. The van der Waals surface area contributed by atoms with Gasteiger partial charge in [0.05, 0.1) is 12.7 Å². The van der Waals surface area contributed by atoms with Crippen LogP contribution in [-0.2, 0) is 9.53 Å². The molecule has 0 aliphatic heterocycles. The van der Waals surface area contributed by atoms with E-state index in [0.717, 1.165) is 12.8 Å². The lowest BCUT2D eigenvalue weighted by Gasteiger charge is -2.12. The normalized spacial score (nSPS) is 12.9. The van der Waals surface area contributed by atoms with Crippen molar-refractivity contribution >= 4 is 5.97 Å². The molecule has 1 atom stereocenters. The van der Waals surface area contributed by atoms with Gasteiger partial charge in [-0.1, -0.05) is 20.8 Å². The molecule has 1 N–H and O–H groups in total. The third kappa shape index (κ3) is 8.05. The molecule has 0 bridgehead atoms. The third-order valence-electron chi connectivity index (χ3n) is 1.89. The minimum absolute atomic E-state index is 0.199. The van der Waals surface area contributed by atoms with Gasteiger partial charge in [0.15, 0.2) is 0 Å². The van der Waals surface area contributed by atoms with Gasteiger partial charge in [-0.2, -0.15) is 0 Å². The number of aliphatic hydroxyl groups is 1. The van der Waals surface area contributed by atoms with Gasteiger partial charge in [-0.3, -0.25) is 4.79 Å². The lowest BCUT2D eigenvalue weighted by molar-refractivity contribution is -0.144. The fraction of sp³-hybridized carbons (Fsp3) is 0.909. The SMILES string of the molecule is CCCOC(=O)CCC(O)CC(C)C. The second-order valence-corrected chi connectivity index (χ2v) is 4.04. The molecule has 0 aromatic rings. The van der Waals surface area contributed by atoms with Crippen LogP contribution in [0.15, 0.2) is 0 Å². The number of carbonyl (C=O) groups is 1. The molecule has 1 unspecified atom stereocenters. The van der Waals surface area contributed by atoms with Crippen LogP contribution in [0.4, 0.5) is 0 Å². The van der Waals surface area contributed by atoms with E-state index in [-0.39, 0.29) is 12.1 Å². The van der Waals surface area contributed by atoms with Crippen molar-refractivity contribution in [1.82, 2.24) is 0 Å². The average Bonchev–Trinajstić information content (AvgIpc) is 2.10. The van der Waals surface area contributed by atoms with E-state index in [1.54, 1.807) is 0 Å². The van der Waals surface area contributed by atoms with E-state index < -0.39 is 0 Å². The van der Waals surface area contributed by atoms with Crippen LogP contribution >= 0.6 is 0 Å². The van der Waals surface area contributed by atoms with E-state index in [2.05, 4.69) is 13.8 Å². The Balaban J connectivity index is 3.45. The predicted octanol–water partition coefficient (Wildman–Crippen LogP) is 2.13. The molecular weight excluding hydrogens is 180 g/mol. The summed E-state index contributed by atoms with van der Waals surface area (Å²) in [7, 11) is 0. The first kappa shape index (κ1) is 13.4. The van der Waals surface area contributed by atoms with Crippen LogP contribution in [0.5, 0.6) is 0 Å². The number of ether oxygens (including phenoxy) is 1. The topological polar surface area (TPSA) is 46.5 Å². The van der Waals surface area contributed by atoms with Crippen molar-refractivity contribution in [3.63, 3.8) is 0 Å². The Bertz CT molecular complexity index is 155. The molecule has 0 spiro atoms. The van der Waals surface area contributed by atoms with Crippen molar-refractivity contribution in [2.24, 2.45) is 5.92 Å². The molecule has 0 saturated carbocycles. The lowest BCUT2D eigenvalue weighted by Crippen LogP contribution is -2.14. The van der Waals surface area contributed by atoms with E-state index >= 15 is 0 Å². The quantitative estimate of drug-likeness (QED) is 0.643. The number of hydrogen-bond donors (Lipinski definition) is 1. The molecule has 0 amide bonds. The van der Waals surface area contributed by atoms with Crippen LogP contribution in [0.3, 0.4) is 0 Å². The Morgan fingerprint density at radius 3 is 2.57 bits per heavy atom. The first-order valence-corrected chi connectivity index (χ1v) is 5.40. The first-order chi connectivity index (χ1) is 6.56. The smallest absolute Gasteiger partial charge is 0.305 e. The minimum Gasteiger partial charge on any atom is -0.466 e. The van der Waals surface area contributed by atoms with Gasteiger partial charge < -0.3 is 9.84 Å². The van der Waals surface area contributed by atoms with E-state index in [0.29, 0.717) is 25.4 Å². The molecule has 0 aliphatic rings. The number of hydrogen-bond acceptors (Lipinski definition) is 3. The van der Waals surface area contributed by atoms with Crippen LogP contribution < -0.4 is 0 Å². The standard InChI is InChI=1S/C11H22O3/c1-4-7-14-11(13)6-5-10(12)8-9(2)3/h9-10,12H,4-8H2,1-3H3. The van der Waals surface area contributed by atoms with Crippen molar-refractivity contribution in [2.75, 3.05) is 6.61 Å². The number of rotatable bonds is 7. The van der Waals surface area contributed by atoms with Gasteiger partial charge in [-0.15, -0.1) is 0 Å². The Kier molecular flexibility index (Phi) is 7.48. The summed E-state index contributed by atoms with van der Waals surface area (Å²) < 4.78 is 4.90. The van der Waals surface area contributed by atoms with Gasteiger partial charge in [-0.25, -0.2) is 0 Å². The highest BCUT2D eigenvalue weighted by Crippen LogP contribution is 2.09. The third-order valence-corrected chi connectivity index (χ3v) is 1.89. The largest absolute Gasteiger partial charge is 0.466 e. The lowest BCUT2D eigenvalue weighted by atomic mass is 10.0. The van der Waals surface area contributed by atoms with E-state index in [4.69, 9.17) is 4.74 Å². The van der Waals surface area contributed by atoms with Crippen molar-refractivity contribution in [3.8, 4) is 0 Å². The maximum absolute atomic E-state index is 11.1. The monoisotopic (exact) mass is 202 g/mol. The van der Waals surface area contributed by atoms with Gasteiger partial charge in [0.25, 0.3) is 0 Å². The molecule has 84 valence electrons.